The maximum atomic E-state index is 12.0. The Morgan fingerprint density at radius 2 is 2.00 bits per heavy atom. The van der Waals surface area contributed by atoms with E-state index in [1.165, 1.54) is 18.2 Å². The maximum Gasteiger partial charge on any atom is 0.241 e. The van der Waals surface area contributed by atoms with E-state index in [9.17, 15) is 18.3 Å². The van der Waals surface area contributed by atoms with Crippen LogP contribution in [-0.2, 0) is 14.8 Å². The number of hydrogen-bond acceptors (Lipinski definition) is 4. The van der Waals surface area contributed by atoms with Crippen LogP contribution in [0.1, 0.15) is 13.8 Å². The first-order chi connectivity index (χ1) is 8.24. The van der Waals surface area contributed by atoms with Gasteiger partial charge < -0.3 is 10.8 Å². The predicted molar refractivity (Wildman–Crippen MR) is 66.2 cm³/mol. The van der Waals surface area contributed by atoms with Crippen molar-refractivity contribution < 1.29 is 18.3 Å². The Morgan fingerprint density at radius 1 is 1.39 bits per heavy atom. The first-order valence-electron chi connectivity index (χ1n) is 5.34. The minimum atomic E-state index is -3.88. The molecule has 0 radical (unpaired) electrons. The maximum absolute atomic E-state index is 12.0. The molecule has 1 amide bonds. The molecule has 4 N–H and O–H groups in total. The number of phenols is 1. The van der Waals surface area contributed by atoms with Gasteiger partial charge in [0.2, 0.25) is 15.9 Å². The van der Waals surface area contributed by atoms with Crippen LogP contribution in [0.4, 0.5) is 0 Å². The SMILES string of the molecule is CC(C)C(NS(=O)(=O)c1cccc(O)c1)C(N)=O. The average Bonchev–Trinajstić information content (AvgIpc) is 2.25. The summed E-state index contributed by atoms with van der Waals surface area (Å²) in [5.41, 5.74) is 5.14. The number of amides is 1. The van der Waals surface area contributed by atoms with Crippen LogP contribution in [0.15, 0.2) is 29.2 Å². The average molecular weight is 272 g/mol. The Labute approximate surface area is 106 Å². The zero-order valence-corrected chi connectivity index (χ0v) is 10.9. The second kappa shape index (κ2) is 5.36. The van der Waals surface area contributed by atoms with E-state index < -0.39 is 22.0 Å². The van der Waals surface area contributed by atoms with Crippen LogP contribution in [0.25, 0.3) is 0 Å². The molecule has 1 aromatic rings. The lowest BCUT2D eigenvalue weighted by Crippen LogP contribution is -2.47. The molecule has 1 unspecified atom stereocenters. The van der Waals surface area contributed by atoms with Gasteiger partial charge in [-0.1, -0.05) is 19.9 Å². The first-order valence-corrected chi connectivity index (χ1v) is 6.83. The minimum Gasteiger partial charge on any atom is -0.508 e. The monoisotopic (exact) mass is 272 g/mol. The molecule has 18 heavy (non-hydrogen) atoms. The summed E-state index contributed by atoms with van der Waals surface area (Å²) in [5, 5.41) is 9.25. The summed E-state index contributed by atoms with van der Waals surface area (Å²) >= 11 is 0. The summed E-state index contributed by atoms with van der Waals surface area (Å²) < 4.78 is 26.2. The standard InChI is InChI=1S/C11H16N2O4S/c1-7(2)10(11(12)15)13-18(16,17)9-5-3-4-8(14)6-9/h3-7,10,13-14H,1-2H3,(H2,12,15). The number of benzene rings is 1. The van der Waals surface area contributed by atoms with E-state index >= 15 is 0 Å². The molecule has 0 saturated carbocycles. The van der Waals surface area contributed by atoms with E-state index in [0.717, 1.165) is 6.07 Å². The van der Waals surface area contributed by atoms with E-state index in [2.05, 4.69) is 4.72 Å². The van der Waals surface area contributed by atoms with Gasteiger partial charge in [0.05, 0.1) is 4.90 Å². The Kier molecular flexibility index (Phi) is 4.31. The molecule has 0 bridgehead atoms. The van der Waals surface area contributed by atoms with Gasteiger partial charge in [-0.15, -0.1) is 0 Å². The van der Waals surface area contributed by atoms with Gasteiger partial charge >= 0.3 is 0 Å². The lowest BCUT2D eigenvalue weighted by molar-refractivity contribution is -0.120. The smallest absolute Gasteiger partial charge is 0.241 e. The molecule has 0 aromatic heterocycles. The number of sulfonamides is 1. The third-order valence-electron chi connectivity index (χ3n) is 2.38. The van der Waals surface area contributed by atoms with E-state index in [-0.39, 0.29) is 16.6 Å². The van der Waals surface area contributed by atoms with Crippen molar-refractivity contribution in [3.05, 3.63) is 24.3 Å². The lowest BCUT2D eigenvalue weighted by atomic mass is 10.1. The number of phenolic OH excluding ortho intramolecular Hbond substituents is 1. The van der Waals surface area contributed by atoms with Crippen LogP contribution >= 0.6 is 0 Å². The molecule has 0 spiro atoms. The summed E-state index contributed by atoms with van der Waals surface area (Å²) in [4.78, 5) is 11.0. The zero-order valence-electron chi connectivity index (χ0n) is 10.1. The highest BCUT2D eigenvalue weighted by molar-refractivity contribution is 7.89. The van der Waals surface area contributed by atoms with Gasteiger partial charge in [0.15, 0.2) is 0 Å². The van der Waals surface area contributed by atoms with Gasteiger partial charge in [0.1, 0.15) is 11.8 Å². The van der Waals surface area contributed by atoms with Gasteiger partial charge in [0, 0.05) is 0 Å². The molecular weight excluding hydrogens is 256 g/mol. The molecule has 1 rings (SSSR count). The van der Waals surface area contributed by atoms with Gasteiger partial charge in [0.25, 0.3) is 0 Å². The Morgan fingerprint density at radius 3 is 2.44 bits per heavy atom. The van der Waals surface area contributed by atoms with Crippen LogP contribution in [0.5, 0.6) is 5.75 Å². The summed E-state index contributed by atoms with van der Waals surface area (Å²) in [6.45, 7) is 3.36. The van der Waals surface area contributed by atoms with Crippen molar-refractivity contribution >= 4 is 15.9 Å². The molecule has 0 aliphatic rings. The van der Waals surface area contributed by atoms with Crippen molar-refractivity contribution in [2.24, 2.45) is 11.7 Å². The fourth-order valence-corrected chi connectivity index (χ4v) is 2.80. The summed E-state index contributed by atoms with van der Waals surface area (Å²) in [7, 11) is -3.88. The van der Waals surface area contributed by atoms with Crippen LogP contribution in [0, 0.1) is 5.92 Å². The molecule has 7 heteroatoms. The predicted octanol–water partition coefficient (Wildman–Crippen LogP) is 0.180. The first kappa shape index (κ1) is 14.5. The van der Waals surface area contributed by atoms with Crippen LogP contribution in [0.3, 0.4) is 0 Å². The van der Waals surface area contributed by atoms with E-state index in [4.69, 9.17) is 5.73 Å². The molecule has 100 valence electrons. The summed E-state index contributed by atoms with van der Waals surface area (Å²) in [6, 6.07) is 4.18. The van der Waals surface area contributed by atoms with Gasteiger partial charge in [-0.2, -0.15) is 4.72 Å². The lowest BCUT2D eigenvalue weighted by Gasteiger charge is -2.18. The van der Waals surface area contributed by atoms with Gasteiger partial charge in [-0.05, 0) is 24.1 Å². The zero-order chi connectivity index (χ0) is 13.9. The van der Waals surface area contributed by atoms with Crippen molar-refractivity contribution in [2.75, 3.05) is 0 Å². The number of nitrogens with two attached hydrogens (primary N) is 1. The van der Waals surface area contributed by atoms with Crippen LogP contribution < -0.4 is 10.5 Å². The molecule has 1 atom stereocenters. The van der Waals surface area contributed by atoms with Crippen molar-refractivity contribution in [3.63, 3.8) is 0 Å². The van der Waals surface area contributed by atoms with Gasteiger partial charge in [-0.25, -0.2) is 8.42 Å². The van der Waals surface area contributed by atoms with E-state index in [1.54, 1.807) is 13.8 Å². The quantitative estimate of drug-likeness (QED) is 0.710. The third kappa shape index (κ3) is 3.44. The highest BCUT2D eigenvalue weighted by atomic mass is 32.2. The molecule has 6 nitrogen and oxygen atoms in total. The van der Waals surface area contributed by atoms with E-state index in [1.807, 2.05) is 0 Å². The number of aromatic hydroxyl groups is 1. The Bertz CT molecular complexity index is 540. The van der Waals surface area contributed by atoms with Crippen molar-refractivity contribution in [3.8, 4) is 5.75 Å². The van der Waals surface area contributed by atoms with Crippen LogP contribution in [0.2, 0.25) is 0 Å². The Balaban J connectivity index is 3.05. The van der Waals surface area contributed by atoms with Crippen molar-refractivity contribution in [1.29, 1.82) is 0 Å². The molecule has 1 aromatic carbocycles. The molecule has 0 saturated heterocycles. The van der Waals surface area contributed by atoms with E-state index in [0.29, 0.717) is 0 Å². The molecular formula is C11H16N2O4S. The highest BCUT2D eigenvalue weighted by Gasteiger charge is 2.26. The topological polar surface area (TPSA) is 109 Å². The fraction of sp³-hybridized carbons (Fsp3) is 0.364. The largest absolute Gasteiger partial charge is 0.508 e. The molecule has 0 heterocycles. The molecule has 0 aliphatic heterocycles. The van der Waals surface area contributed by atoms with Gasteiger partial charge in [-0.3, -0.25) is 4.79 Å². The van der Waals surface area contributed by atoms with Crippen molar-refractivity contribution in [1.82, 2.24) is 4.72 Å². The third-order valence-corrected chi connectivity index (χ3v) is 3.82. The number of rotatable bonds is 5. The molecule has 0 aliphatic carbocycles. The number of primary amides is 1. The summed E-state index contributed by atoms with van der Waals surface area (Å²) in [6.07, 6.45) is 0. The van der Waals surface area contributed by atoms with Crippen molar-refractivity contribution in [2.45, 2.75) is 24.8 Å². The fourth-order valence-electron chi connectivity index (χ4n) is 1.41. The van der Waals surface area contributed by atoms with Crippen LogP contribution in [-0.4, -0.2) is 25.5 Å². The minimum absolute atomic E-state index is 0.116. The second-order valence-corrected chi connectivity index (χ2v) is 5.96. The number of hydrogen-bond donors (Lipinski definition) is 3. The number of carbonyl (C=O) groups excluding carboxylic acids is 1. The molecule has 0 fully saturated rings. The normalized spacial score (nSPS) is 13.5. The number of nitrogens with one attached hydrogen (secondary N) is 1. The second-order valence-electron chi connectivity index (χ2n) is 4.24. The Hall–Kier alpha value is -1.60. The highest BCUT2D eigenvalue weighted by Crippen LogP contribution is 2.16. The number of carbonyl (C=O) groups is 1. The summed E-state index contributed by atoms with van der Waals surface area (Å²) in [5.74, 6) is -1.18.